The van der Waals surface area contributed by atoms with Crippen molar-refractivity contribution in [1.82, 2.24) is 9.80 Å². The van der Waals surface area contributed by atoms with E-state index in [1.807, 2.05) is 6.92 Å². The quantitative estimate of drug-likeness (QED) is 0.574. The third kappa shape index (κ3) is 6.89. The highest BCUT2D eigenvalue weighted by atomic mass is 16.5. The van der Waals surface area contributed by atoms with Gasteiger partial charge in [-0.2, -0.15) is 0 Å². The standard InChI is InChI=1S/C15H30N2O3/c1-6-9-14(18)17(11-10-16(7-2)8-3)12-13(4)15(19)20-5/h13H,6-12H2,1-5H3. The summed E-state index contributed by atoms with van der Waals surface area (Å²) in [4.78, 5) is 27.7. The van der Waals surface area contributed by atoms with Crippen LogP contribution in [0.5, 0.6) is 0 Å². The second kappa shape index (κ2) is 10.7. The zero-order valence-electron chi connectivity index (χ0n) is 13.6. The molecule has 118 valence electrons. The summed E-state index contributed by atoms with van der Waals surface area (Å²) in [5.74, 6) is -0.421. The van der Waals surface area contributed by atoms with Gasteiger partial charge >= 0.3 is 5.97 Å². The van der Waals surface area contributed by atoms with Crippen LogP contribution in [-0.2, 0) is 14.3 Å². The molecular formula is C15H30N2O3. The van der Waals surface area contributed by atoms with Gasteiger partial charge in [-0.25, -0.2) is 0 Å². The van der Waals surface area contributed by atoms with Crippen LogP contribution >= 0.6 is 0 Å². The number of nitrogens with zero attached hydrogens (tertiary/aromatic N) is 2. The van der Waals surface area contributed by atoms with Gasteiger partial charge in [-0.15, -0.1) is 0 Å². The predicted molar refractivity (Wildman–Crippen MR) is 80.5 cm³/mol. The Balaban J connectivity index is 4.56. The normalized spacial score (nSPS) is 12.3. The SMILES string of the molecule is CCCC(=O)N(CCN(CC)CC)CC(C)C(=O)OC. The first-order valence-electron chi connectivity index (χ1n) is 7.57. The van der Waals surface area contributed by atoms with E-state index in [1.54, 1.807) is 11.8 Å². The second-order valence-electron chi connectivity index (χ2n) is 5.04. The van der Waals surface area contributed by atoms with Crippen molar-refractivity contribution in [2.75, 3.05) is 39.8 Å². The van der Waals surface area contributed by atoms with Gasteiger partial charge in [0, 0.05) is 26.1 Å². The van der Waals surface area contributed by atoms with Gasteiger partial charge in [0.05, 0.1) is 13.0 Å². The van der Waals surface area contributed by atoms with Crippen LogP contribution in [0.1, 0.15) is 40.5 Å². The molecule has 0 rings (SSSR count). The van der Waals surface area contributed by atoms with Crippen LogP contribution in [0.2, 0.25) is 0 Å². The van der Waals surface area contributed by atoms with Crippen LogP contribution in [0.25, 0.3) is 0 Å². The summed E-state index contributed by atoms with van der Waals surface area (Å²) >= 11 is 0. The molecule has 0 spiro atoms. The van der Waals surface area contributed by atoms with Crippen LogP contribution < -0.4 is 0 Å². The minimum Gasteiger partial charge on any atom is -0.469 e. The summed E-state index contributed by atoms with van der Waals surface area (Å²) in [5, 5.41) is 0. The van der Waals surface area contributed by atoms with E-state index in [0.717, 1.165) is 26.1 Å². The van der Waals surface area contributed by atoms with E-state index in [9.17, 15) is 9.59 Å². The lowest BCUT2D eigenvalue weighted by Crippen LogP contribution is -2.42. The Kier molecular flexibility index (Phi) is 10.1. The zero-order valence-corrected chi connectivity index (χ0v) is 13.6. The first-order chi connectivity index (χ1) is 9.49. The Morgan fingerprint density at radius 1 is 1.10 bits per heavy atom. The van der Waals surface area contributed by atoms with Crippen molar-refractivity contribution in [1.29, 1.82) is 0 Å². The summed E-state index contributed by atoms with van der Waals surface area (Å²) in [6, 6.07) is 0. The Bertz CT molecular complexity index is 291. The molecule has 0 aliphatic carbocycles. The van der Waals surface area contributed by atoms with E-state index < -0.39 is 0 Å². The molecule has 0 aromatic rings. The molecule has 5 nitrogen and oxygen atoms in total. The fraction of sp³-hybridized carbons (Fsp3) is 0.867. The summed E-state index contributed by atoms with van der Waals surface area (Å²) < 4.78 is 4.73. The minimum atomic E-state index is -0.280. The number of hydrogen-bond donors (Lipinski definition) is 0. The molecule has 0 aromatic heterocycles. The van der Waals surface area contributed by atoms with E-state index in [4.69, 9.17) is 4.74 Å². The number of carbonyl (C=O) groups is 2. The van der Waals surface area contributed by atoms with Crippen LogP contribution in [-0.4, -0.2) is 61.5 Å². The maximum Gasteiger partial charge on any atom is 0.310 e. The number of esters is 1. The number of carbonyl (C=O) groups excluding carboxylic acids is 2. The van der Waals surface area contributed by atoms with Gasteiger partial charge in [0.2, 0.25) is 5.91 Å². The molecule has 0 aromatic carbocycles. The van der Waals surface area contributed by atoms with Gasteiger partial charge in [0.25, 0.3) is 0 Å². The topological polar surface area (TPSA) is 49.9 Å². The smallest absolute Gasteiger partial charge is 0.310 e. The molecule has 20 heavy (non-hydrogen) atoms. The average molecular weight is 286 g/mol. The highest BCUT2D eigenvalue weighted by Crippen LogP contribution is 2.06. The second-order valence-corrected chi connectivity index (χ2v) is 5.04. The lowest BCUT2D eigenvalue weighted by atomic mass is 10.1. The van der Waals surface area contributed by atoms with Gasteiger partial charge in [-0.1, -0.05) is 27.7 Å². The van der Waals surface area contributed by atoms with Crippen molar-refractivity contribution in [3.8, 4) is 0 Å². The Hall–Kier alpha value is -1.10. The molecule has 0 N–H and O–H groups in total. The summed E-state index contributed by atoms with van der Waals surface area (Å²) in [7, 11) is 1.38. The number of hydrogen-bond acceptors (Lipinski definition) is 4. The lowest BCUT2D eigenvalue weighted by molar-refractivity contribution is -0.146. The third-order valence-corrected chi connectivity index (χ3v) is 3.49. The van der Waals surface area contributed by atoms with Crippen LogP contribution in [0.15, 0.2) is 0 Å². The maximum atomic E-state index is 12.1. The molecule has 1 atom stereocenters. The Labute approximate surface area is 123 Å². The van der Waals surface area contributed by atoms with E-state index in [0.29, 0.717) is 19.5 Å². The highest BCUT2D eigenvalue weighted by molar-refractivity contribution is 5.77. The molecule has 1 unspecified atom stereocenters. The van der Waals surface area contributed by atoms with Gasteiger partial charge < -0.3 is 14.5 Å². The van der Waals surface area contributed by atoms with Crippen LogP contribution in [0.4, 0.5) is 0 Å². The Morgan fingerprint density at radius 2 is 1.70 bits per heavy atom. The molecule has 0 aliphatic rings. The lowest BCUT2D eigenvalue weighted by Gasteiger charge is -2.28. The van der Waals surface area contributed by atoms with E-state index in [-0.39, 0.29) is 17.8 Å². The fourth-order valence-electron chi connectivity index (χ4n) is 2.10. The van der Waals surface area contributed by atoms with E-state index >= 15 is 0 Å². The van der Waals surface area contributed by atoms with Crippen molar-refractivity contribution >= 4 is 11.9 Å². The third-order valence-electron chi connectivity index (χ3n) is 3.49. The molecule has 0 aliphatic heterocycles. The van der Waals surface area contributed by atoms with Gasteiger partial charge in [0.1, 0.15) is 0 Å². The van der Waals surface area contributed by atoms with Gasteiger partial charge in [-0.3, -0.25) is 9.59 Å². The molecule has 0 heterocycles. The number of amides is 1. The van der Waals surface area contributed by atoms with Crippen molar-refractivity contribution in [2.45, 2.75) is 40.5 Å². The number of methoxy groups -OCH3 is 1. The number of ether oxygens (including phenoxy) is 1. The molecule has 0 fully saturated rings. The summed E-state index contributed by atoms with van der Waals surface area (Å²) in [5.41, 5.74) is 0. The largest absolute Gasteiger partial charge is 0.469 e. The van der Waals surface area contributed by atoms with Gasteiger partial charge in [0.15, 0.2) is 0 Å². The van der Waals surface area contributed by atoms with Crippen molar-refractivity contribution in [3.63, 3.8) is 0 Å². The van der Waals surface area contributed by atoms with E-state index in [1.165, 1.54) is 7.11 Å². The van der Waals surface area contributed by atoms with E-state index in [2.05, 4.69) is 18.7 Å². The summed E-state index contributed by atoms with van der Waals surface area (Å²) in [6.45, 7) is 11.9. The van der Waals surface area contributed by atoms with Crippen molar-refractivity contribution < 1.29 is 14.3 Å². The van der Waals surface area contributed by atoms with Crippen LogP contribution in [0.3, 0.4) is 0 Å². The molecule has 0 bridgehead atoms. The van der Waals surface area contributed by atoms with Crippen molar-refractivity contribution in [2.24, 2.45) is 5.92 Å². The molecule has 5 heteroatoms. The first kappa shape index (κ1) is 18.9. The fourth-order valence-corrected chi connectivity index (χ4v) is 2.10. The molecule has 0 saturated carbocycles. The highest BCUT2D eigenvalue weighted by Gasteiger charge is 2.21. The molecule has 0 saturated heterocycles. The summed E-state index contributed by atoms with van der Waals surface area (Å²) in [6.07, 6.45) is 1.36. The van der Waals surface area contributed by atoms with Crippen molar-refractivity contribution in [3.05, 3.63) is 0 Å². The number of rotatable bonds is 10. The molecular weight excluding hydrogens is 256 g/mol. The minimum absolute atomic E-state index is 0.121. The first-order valence-corrected chi connectivity index (χ1v) is 7.57. The zero-order chi connectivity index (χ0) is 15.5. The molecule has 0 radical (unpaired) electrons. The predicted octanol–water partition coefficient (Wildman–Crippen LogP) is 1.77. The average Bonchev–Trinajstić information content (AvgIpc) is 2.45. The molecule has 1 amide bonds. The van der Waals surface area contributed by atoms with Gasteiger partial charge in [-0.05, 0) is 19.5 Å². The Morgan fingerprint density at radius 3 is 2.15 bits per heavy atom. The van der Waals surface area contributed by atoms with Crippen LogP contribution in [0, 0.1) is 5.92 Å². The monoisotopic (exact) mass is 286 g/mol. The maximum absolute atomic E-state index is 12.1. The number of likely N-dealkylation sites (N-methyl/N-ethyl adjacent to an activating group) is 1.